The largest absolute Gasteiger partial charge is 0.377 e. The number of terminal acetylenes is 1. The molecule has 2 nitrogen and oxygen atoms in total. The molecule has 0 saturated heterocycles. The van der Waals surface area contributed by atoms with E-state index in [1.54, 1.807) is 0 Å². The SMILES string of the molecule is C#CC1(O)CCC2C3CCC4=C(Cl)C(=O)CCC4(C)C3CCC21C. The molecule has 1 N–H and O–H groups in total. The van der Waals surface area contributed by atoms with E-state index in [0.717, 1.165) is 44.9 Å². The lowest BCUT2D eigenvalue weighted by Crippen LogP contribution is -2.54. The summed E-state index contributed by atoms with van der Waals surface area (Å²) < 4.78 is 0. The topological polar surface area (TPSA) is 37.3 Å². The smallest absolute Gasteiger partial charge is 0.174 e. The number of halogens is 1. The minimum absolute atomic E-state index is 0.0616. The quantitative estimate of drug-likeness (QED) is 0.658. The third kappa shape index (κ3) is 1.86. The van der Waals surface area contributed by atoms with E-state index in [-0.39, 0.29) is 16.6 Å². The summed E-state index contributed by atoms with van der Waals surface area (Å²) in [6.45, 7) is 4.55. The van der Waals surface area contributed by atoms with Gasteiger partial charge in [-0.3, -0.25) is 4.79 Å². The van der Waals surface area contributed by atoms with Crippen LogP contribution in [-0.4, -0.2) is 16.5 Å². The first kappa shape index (κ1) is 16.7. The zero-order valence-corrected chi connectivity index (χ0v) is 15.5. The molecule has 3 heteroatoms. The molecule has 0 aliphatic heterocycles. The summed E-state index contributed by atoms with van der Waals surface area (Å²) in [5.41, 5.74) is 0.177. The van der Waals surface area contributed by atoms with E-state index in [9.17, 15) is 9.90 Å². The normalized spacial score (nSPS) is 50.8. The Bertz CT molecular complexity index is 674. The van der Waals surface area contributed by atoms with Gasteiger partial charge in [0.25, 0.3) is 0 Å². The molecule has 6 unspecified atom stereocenters. The zero-order chi connectivity index (χ0) is 17.3. The molecule has 0 aromatic heterocycles. The summed E-state index contributed by atoms with van der Waals surface area (Å²) in [5.74, 6) is 4.52. The first-order chi connectivity index (χ1) is 11.3. The highest BCUT2D eigenvalue weighted by Gasteiger charge is 2.63. The van der Waals surface area contributed by atoms with Crippen LogP contribution in [0.3, 0.4) is 0 Å². The minimum atomic E-state index is -0.945. The van der Waals surface area contributed by atoms with Crippen LogP contribution in [-0.2, 0) is 4.79 Å². The van der Waals surface area contributed by atoms with Gasteiger partial charge in [0.15, 0.2) is 5.78 Å². The highest BCUT2D eigenvalue weighted by molar-refractivity contribution is 6.43. The molecule has 3 saturated carbocycles. The number of carbonyl (C=O) groups is 1. The van der Waals surface area contributed by atoms with Gasteiger partial charge in [0.2, 0.25) is 0 Å². The summed E-state index contributed by atoms with van der Waals surface area (Å²) >= 11 is 6.43. The van der Waals surface area contributed by atoms with Gasteiger partial charge >= 0.3 is 0 Å². The number of carbonyl (C=O) groups excluding carboxylic acids is 1. The second kappa shape index (κ2) is 5.12. The Morgan fingerprint density at radius 2 is 1.83 bits per heavy atom. The molecule has 3 fully saturated rings. The molecule has 130 valence electrons. The molecule has 0 amide bonds. The average Bonchev–Trinajstić information content (AvgIpc) is 2.84. The van der Waals surface area contributed by atoms with Crippen LogP contribution in [0.5, 0.6) is 0 Å². The lowest BCUT2D eigenvalue weighted by molar-refractivity contribution is -0.120. The van der Waals surface area contributed by atoms with E-state index in [4.69, 9.17) is 18.0 Å². The van der Waals surface area contributed by atoms with Crippen LogP contribution in [0, 0.1) is 40.9 Å². The fourth-order valence-electron chi connectivity index (χ4n) is 6.90. The number of Topliss-reactive ketones (excluding diaryl/α,β-unsaturated/α-hetero) is 1. The Labute approximate surface area is 150 Å². The van der Waals surface area contributed by atoms with Crippen molar-refractivity contribution in [2.45, 2.75) is 70.8 Å². The molecule has 0 aromatic rings. The van der Waals surface area contributed by atoms with Gasteiger partial charge in [0.05, 0.1) is 5.03 Å². The Hall–Kier alpha value is -0.780. The van der Waals surface area contributed by atoms with Crippen molar-refractivity contribution in [1.82, 2.24) is 0 Å². The lowest BCUT2D eigenvalue weighted by Gasteiger charge is -2.58. The van der Waals surface area contributed by atoms with Crippen LogP contribution >= 0.6 is 11.6 Å². The molecule has 4 aliphatic rings. The van der Waals surface area contributed by atoms with Gasteiger partial charge in [-0.05, 0) is 73.7 Å². The number of ketones is 1. The van der Waals surface area contributed by atoms with Gasteiger partial charge in [-0.1, -0.05) is 31.4 Å². The highest BCUT2D eigenvalue weighted by Crippen LogP contribution is 2.67. The molecule has 0 aromatic carbocycles. The van der Waals surface area contributed by atoms with Crippen LogP contribution in [0.25, 0.3) is 0 Å². The number of aliphatic hydroxyl groups is 1. The maximum absolute atomic E-state index is 12.1. The maximum Gasteiger partial charge on any atom is 0.174 e. The average molecular weight is 347 g/mol. The van der Waals surface area contributed by atoms with Gasteiger partial charge in [-0.15, -0.1) is 6.42 Å². The van der Waals surface area contributed by atoms with Crippen LogP contribution in [0.2, 0.25) is 0 Å². The van der Waals surface area contributed by atoms with E-state index in [0.29, 0.717) is 29.2 Å². The van der Waals surface area contributed by atoms with Crippen LogP contribution in [0.1, 0.15) is 65.2 Å². The second-order valence-corrected chi connectivity index (χ2v) is 9.43. The first-order valence-electron chi connectivity index (χ1n) is 9.39. The Balaban J connectivity index is 1.73. The van der Waals surface area contributed by atoms with Crippen molar-refractivity contribution in [2.24, 2.45) is 28.6 Å². The van der Waals surface area contributed by atoms with Crippen LogP contribution in [0.4, 0.5) is 0 Å². The number of rotatable bonds is 0. The molecule has 24 heavy (non-hydrogen) atoms. The van der Waals surface area contributed by atoms with Gasteiger partial charge in [-0.2, -0.15) is 0 Å². The van der Waals surface area contributed by atoms with Crippen LogP contribution in [0.15, 0.2) is 10.6 Å². The van der Waals surface area contributed by atoms with Crippen molar-refractivity contribution in [1.29, 1.82) is 0 Å². The molecule has 0 radical (unpaired) electrons. The summed E-state index contributed by atoms with van der Waals surface area (Å²) in [7, 11) is 0. The molecular formula is C21H27ClO2. The van der Waals surface area contributed by atoms with Crippen molar-refractivity contribution in [3.63, 3.8) is 0 Å². The summed E-state index contributed by atoms with van der Waals surface area (Å²) in [5, 5.41) is 11.5. The van der Waals surface area contributed by atoms with Crippen molar-refractivity contribution >= 4 is 17.4 Å². The number of fused-ring (bicyclic) bond motifs is 5. The molecular weight excluding hydrogens is 320 g/mol. The summed E-state index contributed by atoms with van der Waals surface area (Å²) in [6, 6.07) is 0. The van der Waals surface area contributed by atoms with Gasteiger partial charge in [0, 0.05) is 11.8 Å². The molecule has 0 bridgehead atoms. The highest BCUT2D eigenvalue weighted by atomic mass is 35.5. The van der Waals surface area contributed by atoms with Crippen molar-refractivity contribution < 1.29 is 9.90 Å². The Morgan fingerprint density at radius 3 is 2.54 bits per heavy atom. The fraction of sp³-hybridized carbons (Fsp3) is 0.762. The molecule has 0 heterocycles. The predicted octanol–water partition coefficient (Wildman–Crippen LogP) is 4.45. The lowest BCUT2D eigenvalue weighted by atomic mass is 9.46. The summed E-state index contributed by atoms with van der Waals surface area (Å²) in [6.07, 6.45) is 13.1. The predicted molar refractivity (Wildman–Crippen MR) is 95.3 cm³/mol. The molecule has 4 rings (SSSR count). The first-order valence-corrected chi connectivity index (χ1v) is 9.77. The van der Waals surface area contributed by atoms with E-state index < -0.39 is 5.60 Å². The maximum atomic E-state index is 12.1. The Morgan fingerprint density at radius 1 is 1.12 bits per heavy atom. The fourth-order valence-corrected chi connectivity index (χ4v) is 7.31. The molecule has 6 atom stereocenters. The second-order valence-electron chi connectivity index (χ2n) is 9.05. The third-order valence-corrected chi connectivity index (χ3v) is 8.88. The van der Waals surface area contributed by atoms with E-state index >= 15 is 0 Å². The number of allylic oxidation sites excluding steroid dienone is 1. The third-order valence-electron chi connectivity index (χ3n) is 8.44. The van der Waals surface area contributed by atoms with Crippen molar-refractivity contribution in [2.75, 3.05) is 0 Å². The van der Waals surface area contributed by atoms with Gasteiger partial charge in [-0.25, -0.2) is 0 Å². The standard InChI is InChI=1S/C21H27ClO2/c1-4-21(24)12-8-15-13-5-6-16-18(22)17(23)9-10-19(16,2)14(13)7-11-20(15,21)3/h1,13-15,24H,5-12H2,2-3H3. The molecule has 0 spiro atoms. The van der Waals surface area contributed by atoms with Crippen LogP contribution < -0.4 is 0 Å². The van der Waals surface area contributed by atoms with E-state index in [2.05, 4.69) is 19.8 Å². The van der Waals surface area contributed by atoms with E-state index in [1.165, 1.54) is 5.57 Å². The monoisotopic (exact) mass is 346 g/mol. The van der Waals surface area contributed by atoms with E-state index in [1.807, 2.05) is 0 Å². The number of hydrogen-bond acceptors (Lipinski definition) is 2. The van der Waals surface area contributed by atoms with Gasteiger partial charge in [0.1, 0.15) is 5.60 Å². The van der Waals surface area contributed by atoms with Crippen molar-refractivity contribution in [3.05, 3.63) is 10.6 Å². The minimum Gasteiger partial charge on any atom is -0.377 e. The molecule has 4 aliphatic carbocycles. The number of hydrogen-bond donors (Lipinski definition) is 1. The van der Waals surface area contributed by atoms with Gasteiger partial charge < -0.3 is 5.11 Å². The Kier molecular flexibility index (Phi) is 3.56. The van der Waals surface area contributed by atoms with Crippen molar-refractivity contribution in [3.8, 4) is 12.3 Å². The summed E-state index contributed by atoms with van der Waals surface area (Å²) in [4.78, 5) is 12.1. The zero-order valence-electron chi connectivity index (χ0n) is 14.7.